The lowest BCUT2D eigenvalue weighted by Gasteiger charge is -2.30. The van der Waals surface area contributed by atoms with E-state index in [2.05, 4.69) is 10.1 Å². The molecule has 9 nitrogen and oxygen atoms in total. The summed E-state index contributed by atoms with van der Waals surface area (Å²) in [4.78, 5) is 19.1. The highest BCUT2D eigenvalue weighted by atomic mass is 32.2. The maximum absolute atomic E-state index is 12.7. The molecule has 0 radical (unpaired) electrons. The topological polar surface area (TPSA) is 110 Å². The second-order valence-electron chi connectivity index (χ2n) is 8.16. The van der Waals surface area contributed by atoms with E-state index >= 15 is 0 Å². The van der Waals surface area contributed by atoms with Crippen LogP contribution < -0.4 is 0 Å². The Balaban J connectivity index is 1.30. The molecule has 2 saturated heterocycles. The summed E-state index contributed by atoms with van der Waals surface area (Å²) in [6.45, 7) is 2.27. The fraction of sp³-hybridized carbons (Fsp3) is 0.409. The van der Waals surface area contributed by atoms with E-state index in [9.17, 15) is 13.2 Å². The number of hydrogen-bond acceptors (Lipinski definition) is 7. The van der Waals surface area contributed by atoms with Gasteiger partial charge in [0.15, 0.2) is 5.76 Å². The largest absolute Gasteiger partial charge is 0.459 e. The summed E-state index contributed by atoms with van der Waals surface area (Å²) in [5, 5.41) is 4.08. The Kier molecular flexibility index (Phi) is 5.56. The van der Waals surface area contributed by atoms with E-state index < -0.39 is 10.0 Å². The molecule has 2 aromatic heterocycles. The van der Waals surface area contributed by atoms with Crippen LogP contribution >= 0.6 is 0 Å². The van der Waals surface area contributed by atoms with E-state index in [0.717, 1.165) is 25.7 Å². The Labute approximate surface area is 186 Å². The fourth-order valence-corrected chi connectivity index (χ4v) is 5.81. The van der Waals surface area contributed by atoms with Gasteiger partial charge in [-0.2, -0.15) is 9.29 Å². The van der Waals surface area contributed by atoms with Crippen LogP contribution in [0.2, 0.25) is 0 Å². The molecule has 10 heteroatoms. The first-order valence-electron chi connectivity index (χ1n) is 10.8. The highest BCUT2D eigenvalue weighted by molar-refractivity contribution is 7.89. The Morgan fingerprint density at radius 1 is 1.03 bits per heavy atom. The van der Waals surface area contributed by atoms with E-state index in [1.165, 1.54) is 10.6 Å². The van der Waals surface area contributed by atoms with E-state index in [1.807, 2.05) is 0 Å². The van der Waals surface area contributed by atoms with E-state index in [-0.39, 0.29) is 16.7 Å². The maximum Gasteiger partial charge on any atom is 0.289 e. The zero-order chi connectivity index (χ0) is 22.1. The van der Waals surface area contributed by atoms with Crippen LogP contribution in [-0.2, 0) is 10.0 Å². The first-order chi connectivity index (χ1) is 15.5. The van der Waals surface area contributed by atoms with Crippen LogP contribution in [0.4, 0.5) is 0 Å². The lowest BCUT2D eigenvalue weighted by atomic mass is 9.97. The molecule has 0 N–H and O–H groups in total. The quantitative estimate of drug-likeness (QED) is 0.580. The number of furan rings is 1. The Bertz CT molecular complexity index is 1180. The van der Waals surface area contributed by atoms with Gasteiger partial charge in [-0.1, -0.05) is 5.16 Å². The van der Waals surface area contributed by atoms with Crippen molar-refractivity contribution in [2.24, 2.45) is 0 Å². The van der Waals surface area contributed by atoms with Crippen LogP contribution in [0.3, 0.4) is 0 Å². The van der Waals surface area contributed by atoms with Crippen LogP contribution in [0.15, 0.2) is 56.5 Å². The number of rotatable bonds is 5. The van der Waals surface area contributed by atoms with Gasteiger partial charge >= 0.3 is 0 Å². The minimum Gasteiger partial charge on any atom is -0.459 e. The molecular formula is C22H24N4O5S. The normalized spacial score (nSPS) is 20.0. The molecule has 168 valence electrons. The second kappa shape index (κ2) is 8.51. The fourth-order valence-electron chi connectivity index (χ4n) is 4.29. The first kappa shape index (κ1) is 20.9. The van der Waals surface area contributed by atoms with Crippen molar-refractivity contribution in [2.45, 2.75) is 36.5 Å². The third-order valence-electron chi connectivity index (χ3n) is 6.05. The molecule has 0 bridgehead atoms. The molecule has 0 aliphatic carbocycles. The average Bonchev–Trinajstić information content (AvgIpc) is 3.61. The van der Waals surface area contributed by atoms with Crippen LogP contribution in [0.1, 0.15) is 48.0 Å². The lowest BCUT2D eigenvalue weighted by Crippen LogP contribution is -2.39. The monoisotopic (exact) mass is 456 g/mol. The number of sulfonamides is 1. The zero-order valence-corrected chi connectivity index (χ0v) is 18.3. The standard InChI is InChI=1S/C22H24N4O5S/c27-22(19-6-4-14-30-19)25-11-3-5-17(15-25)21-23-20(24-31-21)16-7-9-18(10-8-16)32(28,29)26-12-1-2-13-26/h4,6-10,14,17H,1-3,5,11-13,15H2/t17-/m1/s1. The van der Waals surface area contributed by atoms with Gasteiger partial charge in [-0.25, -0.2) is 8.42 Å². The molecule has 2 aliphatic rings. The predicted octanol–water partition coefficient (Wildman–Crippen LogP) is 3.13. The van der Waals surface area contributed by atoms with Crippen molar-refractivity contribution in [3.05, 3.63) is 54.3 Å². The van der Waals surface area contributed by atoms with Crippen molar-refractivity contribution >= 4 is 15.9 Å². The molecule has 1 atom stereocenters. The number of piperidine rings is 1. The Morgan fingerprint density at radius 3 is 2.53 bits per heavy atom. The number of benzene rings is 1. The third kappa shape index (κ3) is 3.95. The minimum absolute atomic E-state index is 0.0567. The molecular weight excluding hydrogens is 432 g/mol. The molecule has 5 rings (SSSR count). The number of carbonyl (C=O) groups is 1. The maximum atomic E-state index is 12.7. The number of amides is 1. The van der Waals surface area contributed by atoms with Gasteiger partial charge in [0.1, 0.15) is 0 Å². The Hall–Kier alpha value is -2.98. The van der Waals surface area contributed by atoms with Crippen LogP contribution in [-0.4, -0.2) is 59.8 Å². The summed E-state index contributed by atoms with van der Waals surface area (Å²) in [6, 6.07) is 9.92. The zero-order valence-electron chi connectivity index (χ0n) is 17.5. The van der Waals surface area contributed by atoms with Crippen LogP contribution in [0.5, 0.6) is 0 Å². The molecule has 1 aromatic carbocycles. The van der Waals surface area contributed by atoms with Crippen molar-refractivity contribution < 1.29 is 22.2 Å². The number of likely N-dealkylation sites (tertiary alicyclic amines) is 1. The SMILES string of the molecule is O=C(c1ccco1)N1CCC[C@@H](c2nc(-c3ccc(S(=O)(=O)N4CCCC4)cc3)no2)C1. The molecule has 0 saturated carbocycles. The lowest BCUT2D eigenvalue weighted by molar-refractivity contribution is 0.0663. The van der Waals surface area contributed by atoms with Crippen LogP contribution in [0.25, 0.3) is 11.4 Å². The summed E-state index contributed by atoms with van der Waals surface area (Å²) < 4.78 is 37.7. The highest BCUT2D eigenvalue weighted by Crippen LogP contribution is 2.29. The van der Waals surface area contributed by atoms with Gasteiger partial charge < -0.3 is 13.8 Å². The summed E-state index contributed by atoms with van der Waals surface area (Å²) in [5.41, 5.74) is 0.680. The highest BCUT2D eigenvalue weighted by Gasteiger charge is 2.30. The van der Waals surface area contributed by atoms with E-state index in [1.54, 1.807) is 41.3 Å². The van der Waals surface area contributed by atoms with Gasteiger partial charge in [-0.05, 0) is 62.1 Å². The summed E-state index contributed by atoms with van der Waals surface area (Å²) in [7, 11) is -3.46. The molecule has 0 unspecified atom stereocenters. The molecule has 0 spiro atoms. The van der Waals surface area contributed by atoms with Crippen molar-refractivity contribution in [3.8, 4) is 11.4 Å². The van der Waals surface area contributed by atoms with Gasteiger partial charge in [-0.3, -0.25) is 4.79 Å². The Morgan fingerprint density at radius 2 is 1.81 bits per heavy atom. The van der Waals surface area contributed by atoms with Crippen molar-refractivity contribution in [1.29, 1.82) is 0 Å². The third-order valence-corrected chi connectivity index (χ3v) is 7.96. The van der Waals surface area contributed by atoms with Crippen molar-refractivity contribution in [3.63, 3.8) is 0 Å². The number of hydrogen-bond donors (Lipinski definition) is 0. The first-order valence-corrected chi connectivity index (χ1v) is 12.2. The molecule has 3 aromatic rings. The second-order valence-corrected chi connectivity index (χ2v) is 10.1. The van der Waals surface area contributed by atoms with Gasteiger partial charge in [0.2, 0.25) is 21.7 Å². The van der Waals surface area contributed by atoms with Crippen molar-refractivity contribution in [1.82, 2.24) is 19.3 Å². The predicted molar refractivity (Wildman–Crippen MR) is 114 cm³/mol. The molecule has 1 amide bonds. The number of aromatic nitrogens is 2. The van der Waals surface area contributed by atoms with E-state index in [0.29, 0.717) is 49.2 Å². The van der Waals surface area contributed by atoms with Crippen LogP contribution in [0, 0.1) is 0 Å². The average molecular weight is 457 g/mol. The van der Waals surface area contributed by atoms with Gasteiger partial charge in [0.05, 0.1) is 17.1 Å². The van der Waals surface area contributed by atoms with Gasteiger partial charge in [0, 0.05) is 31.7 Å². The van der Waals surface area contributed by atoms with Crippen molar-refractivity contribution in [2.75, 3.05) is 26.2 Å². The molecule has 2 aliphatic heterocycles. The smallest absolute Gasteiger partial charge is 0.289 e. The molecule has 2 fully saturated rings. The molecule has 4 heterocycles. The summed E-state index contributed by atoms with van der Waals surface area (Å²) >= 11 is 0. The summed E-state index contributed by atoms with van der Waals surface area (Å²) in [6.07, 6.45) is 4.96. The molecule has 32 heavy (non-hydrogen) atoms. The number of nitrogens with zero attached hydrogens (tertiary/aromatic N) is 4. The minimum atomic E-state index is -3.46. The van der Waals surface area contributed by atoms with Gasteiger partial charge in [-0.15, -0.1) is 0 Å². The number of carbonyl (C=O) groups excluding carboxylic acids is 1. The van der Waals surface area contributed by atoms with Gasteiger partial charge in [0.25, 0.3) is 5.91 Å². The summed E-state index contributed by atoms with van der Waals surface area (Å²) in [5.74, 6) is 0.999. The van der Waals surface area contributed by atoms with E-state index in [4.69, 9.17) is 8.94 Å².